The molecule has 0 radical (unpaired) electrons. The van der Waals surface area contributed by atoms with Crippen molar-refractivity contribution in [3.05, 3.63) is 35.6 Å². The van der Waals surface area contributed by atoms with Crippen LogP contribution in [0.5, 0.6) is 0 Å². The number of carbonyl (C=O) groups excluding carboxylic acids is 1. The van der Waals surface area contributed by atoms with Crippen LogP contribution >= 0.6 is 0 Å². The van der Waals surface area contributed by atoms with Gasteiger partial charge < -0.3 is 9.80 Å². The van der Waals surface area contributed by atoms with Crippen LogP contribution in [0.3, 0.4) is 0 Å². The van der Waals surface area contributed by atoms with Gasteiger partial charge in [0.15, 0.2) is 0 Å². The Labute approximate surface area is 163 Å². The Kier molecular flexibility index (Phi) is 7.65. The molecule has 1 heterocycles. The lowest BCUT2D eigenvalue weighted by Crippen LogP contribution is -2.40. The molecule has 0 unspecified atom stereocenters. The van der Waals surface area contributed by atoms with Crippen molar-refractivity contribution in [3.63, 3.8) is 0 Å². The normalized spacial score (nSPS) is 20.4. The standard InChI is InChI=1S/C22H34FN3O/c1-24(16-20-8-10-21(23)11-9-20)22(27)18-26-13-5-12-25(14-15-26)17-19-6-3-2-4-7-19/h8-11,19H,2-7,12-18H2,1H3. The Balaban J connectivity index is 1.41. The molecule has 150 valence electrons. The van der Waals surface area contributed by atoms with Gasteiger partial charge in [0, 0.05) is 33.2 Å². The number of halogens is 1. The molecule has 3 rings (SSSR count). The number of hydrogen-bond acceptors (Lipinski definition) is 3. The maximum atomic E-state index is 13.0. The fourth-order valence-corrected chi connectivity index (χ4v) is 4.36. The summed E-state index contributed by atoms with van der Waals surface area (Å²) in [6.45, 7) is 6.46. The first-order valence-corrected chi connectivity index (χ1v) is 10.5. The topological polar surface area (TPSA) is 26.8 Å². The van der Waals surface area contributed by atoms with E-state index < -0.39 is 0 Å². The number of hydrogen-bond donors (Lipinski definition) is 0. The smallest absolute Gasteiger partial charge is 0.236 e. The first-order valence-electron chi connectivity index (χ1n) is 10.5. The fraction of sp³-hybridized carbons (Fsp3) is 0.682. The summed E-state index contributed by atoms with van der Waals surface area (Å²) in [7, 11) is 1.83. The van der Waals surface area contributed by atoms with Crippen molar-refractivity contribution in [1.29, 1.82) is 0 Å². The Morgan fingerprint density at radius 3 is 2.41 bits per heavy atom. The lowest BCUT2D eigenvalue weighted by atomic mass is 9.89. The average molecular weight is 376 g/mol. The van der Waals surface area contributed by atoms with Crippen molar-refractivity contribution in [1.82, 2.24) is 14.7 Å². The van der Waals surface area contributed by atoms with Gasteiger partial charge >= 0.3 is 0 Å². The summed E-state index contributed by atoms with van der Waals surface area (Å²) in [6, 6.07) is 6.38. The van der Waals surface area contributed by atoms with Crippen LogP contribution in [0.4, 0.5) is 4.39 Å². The van der Waals surface area contributed by atoms with Gasteiger partial charge in [0.25, 0.3) is 0 Å². The molecule has 1 saturated heterocycles. The largest absolute Gasteiger partial charge is 0.340 e. The van der Waals surface area contributed by atoms with Gasteiger partial charge in [-0.1, -0.05) is 31.4 Å². The first-order chi connectivity index (χ1) is 13.1. The quantitative estimate of drug-likeness (QED) is 0.763. The van der Waals surface area contributed by atoms with E-state index in [0.717, 1.165) is 44.1 Å². The molecule has 1 aromatic rings. The summed E-state index contributed by atoms with van der Waals surface area (Å²) in [6.07, 6.45) is 8.15. The zero-order valence-electron chi connectivity index (χ0n) is 16.7. The second-order valence-electron chi connectivity index (χ2n) is 8.31. The Morgan fingerprint density at radius 1 is 1.00 bits per heavy atom. The zero-order chi connectivity index (χ0) is 19.1. The molecule has 0 N–H and O–H groups in total. The Bertz CT molecular complexity index is 586. The molecule has 0 aromatic heterocycles. The predicted molar refractivity (Wildman–Crippen MR) is 107 cm³/mol. The van der Waals surface area contributed by atoms with E-state index in [1.165, 1.54) is 50.8 Å². The molecule has 0 atom stereocenters. The third-order valence-electron chi connectivity index (χ3n) is 6.04. The minimum absolute atomic E-state index is 0.139. The molecule has 5 heteroatoms. The molecular formula is C22H34FN3O. The second-order valence-corrected chi connectivity index (χ2v) is 8.31. The minimum Gasteiger partial charge on any atom is -0.340 e. The van der Waals surface area contributed by atoms with Crippen molar-refractivity contribution >= 4 is 5.91 Å². The molecule has 27 heavy (non-hydrogen) atoms. The number of likely N-dealkylation sites (N-methyl/N-ethyl adjacent to an activating group) is 1. The van der Waals surface area contributed by atoms with Gasteiger partial charge in [-0.05, 0) is 56.0 Å². The molecule has 1 saturated carbocycles. The average Bonchev–Trinajstić information content (AvgIpc) is 2.89. The molecule has 2 aliphatic rings. The molecule has 1 aromatic carbocycles. The molecule has 0 spiro atoms. The van der Waals surface area contributed by atoms with E-state index in [9.17, 15) is 9.18 Å². The third-order valence-corrected chi connectivity index (χ3v) is 6.04. The van der Waals surface area contributed by atoms with E-state index >= 15 is 0 Å². The predicted octanol–water partition coefficient (Wildman–Crippen LogP) is 3.37. The molecule has 1 aliphatic carbocycles. The molecule has 2 fully saturated rings. The number of amides is 1. The van der Waals surface area contributed by atoms with Crippen molar-refractivity contribution in [2.24, 2.45) is 5.92 Å². The van der Waals surface area contributed by atoms with Crippen molar-refractivity contribution in [3.8, 4) is 0 Å². The minimum atomic E-state index is -0.241. The highest BCUT2D eigenvalue weighted by Gasteiger charge is 2.22. The number of benzene rings is 1. The van der Waals surface area contributed by atoms with E-state index in [4.69, 9.17) is 0 Å². The Hall–Kier alpha value is -1.46. The van der Waals surface area contributed by atoms with Crippen LogP contribution < -0.4 is 0 Å². The van der Waals surface area contributed by atoms with Gasteiger partial charge in [-0.15, -0.1) is 0 Å². The van der Waals surface area contributed by atoms with Crippen LogP contribution in [0.25, 0.3) is 0 Å². The molecule has 0 bridgehead atoms. The highest BCUT2D eigenvalue weighted by molar-refractivity contribution is 5.78. The number of carbonyl (C=O) groups is 1. The van der Waals surface area contributed by atoms with Gasteiger partial charge in [-0.25, -0.2) is 4.39 Å². The Morgan fingerprint density at radius 2 is 1.67 bits per heavy atom. The summed E-state index contributed by atoms with van der Waals surface area (Å²) in [5.41, 5.74) is 0.960. The van der Waals surface area contributed by atoms with E-state index in [2.05, 4.69) is 9.80 Å². The van der Waals surface area contributed by atoms with Crippen molar-refractivity contribution < 1.29 is 9.18 Å². The van der Waals surface area contributed by atoms with E-state index in [0.29, 0.717) is 13.1 Å². The van der Waals surface area contributed by atoms with Crippen LogP contribution in [0.15, 0.2) is 24.3 Å². The van der Waals surface area contributed by atoms with Gasteiger partial charge in [-0.2, -0.15) is 0 Å². The van der Waals surface area contributed by atoms with Crippen LogP contribution in [-0.4, -0.2) is 66.9 Å². The molecule has 1 aliphatic heterocycles. The summed E-state index contributed by atoms with van der Waals surface area (Å²) in [5, 5.41) is 0. The lowest BCUT2D eigenvalue weighted by Gasteiger charge is -2.29. The molecule has 4 nitrogen and oxygen atoms in total. The van der Waals surface area contributed by atoms with E-state index in [1.54, 1.807) is 17.0 Å². The van der Waals surface area contributed by atoms with Crippen molar-refractivity contribution in [2.45, 2.75) is 45.1 Å². The van der Waals surface area contributed by atoms with Gasteiger partial charge in [0.2, 0.25) is 5.91 Å². The SMILES string of the molecule is CN(Cc1ccc(F)cc1)C(=O)CN1CCCN(CC2CCCCC2)CC1. The highest BCUT2D eigenvalue weighted by atomic mass is 19.1. The summed E-state index contributed by atoms with van der Waals surface area (Å²) < 4.78 is 13.0. The number of rotatable bonds is 6. The summed E-state index contributed by atoms with van der Waals surface area (Å²) in [5.74, 6) is 0.781. The van der Waals surface area contributed by atoms with E-state index in [1.807, 2.05) is 7.05 Å². The van der Waals surface area contributed by atoms with Crippen LogP contribution in [0.1, 0.15) is 44.1 Å². The van der Waals surface area contributed by atoms with Crippen LogP contribution in [0, 0.1) is 11.7 Å². The van der Waals surface area contributed by atoms with Crippen LogP contribution in [-0.2, 0) is 11.3 Å². The highest BCUT2D eigenvalue weighted by Crippen LogP contribution is 2.24. The number of nitrogens with zero attached hydrogens (tertiary/aromatic N) is 3. The lowest BCUT2D eigenvalue weighted by molar-refractivity contribution is -0.131. The second kappa shape index (κ2) is 10.2. The maximum Gasteiger partial charge on any atom is 0.236 e. The summed E-state index contributed by atoms with van der Waals surface area (Å²) >= 11 is 0. The van der Waals surface area contributed by atoms with Crippen molar-refractivity contribution in [2.75, 3.05) is 46.3 Å². The van der Waals surface area contributed by atoms with E-state index in [-0.39, 0.29) is 11.7 Å². The van der Waals surface area contributed by atoms with Gasteiger partial charge in [-0.3, -0.25) is 9.69 Å². The molecular weight excluding hydrogens is 341 g/mol. The molecule has 1 amide bonds. The third kappa shape index (κ3) is 6.58. The first kappa shape index (κ1) is 20.3. The van der Waals surface area contributed by atoms with Crippen LogP contribution in [0.2, 0.25) is 0 Å². The fourth-order valence-electron chi connectivity index (χ4n) is 4.36. The maximum absolute atomic E-state index is 13.0. The van der Waals surface area contributed by atoms with Gasteiger partial charge in [0.05, 0.1) is 6.54 Å². The summed E-state index contributed by atoms with van der Waals surface area (Å²) in [4.78, 5) is 19.2. The van der Waals surface area contributed by atoms with Gasteiger partial charge in [0.1, 0.15) is 5.82 Å². The monoisotopic (exact) mass is 375 g/mol. The zero-order valence-corrected chi connectivity index (χ0v) is 16.7.